The Morgan fingerprint density at radius 2 is 2.27 bits per heavy atom. The summed E-state index contributed by atoms with van der Waals surface area (Å²) in [6.07, 6.45) is 3.13. The molecule has 1 heterocycles. The van der Waals surface area contributed by atoms with Crippen molar-refractivity contribution >= 4 is 6.29 Å². The Hall–Kier alpha value is -1.42. The van der Waals surface area contributed by atoms with Crippen LogP contribution in [0.2, 0.25) is 0 Å². The van der Waals surface area contributed by atoms with Gasteiger partial charge in [0.05, 0.1) is 6.61 Å². The normalized spacial score (nSPS) is 10.0. The highest BCUT2D eigenvalue weighted by atomic mass is 16.5. The van der Waals surface area contributed by atoms with Crippen molar-refractivity contribution in [3.63, 3.8) is 0 Å². The van der Waals surface area contributed by atoms with E-state index >= 15 is 0 Å². The van der Waals surface area contributed by atoms with Gasteiger partial charge in [-0.3, -0.25) is 9.78 Å². The minimum Gasteiger partial charge on any atom is -0.493 e. The highest BCUT2D eigenvalue weighted by Crippen LogP contribution is 2.18. The van der Waals surface area contributed by atoms with Gasteiger partial charge in [0.15, 0.2) is 6.29 Å². The van der Waals surface area contributed by atoms with Crippen molar-refractivity contribution in [1.82, 2.24) is 4.98 Å². The fourth-order valence-electron chi connectivity index (χ4n) is 1.19. The summed E-state index contributed by atoms with van der Waals surface area (Å²) in [5.41, 5.74) is 1.21. The molecular weight excluding hydrogens is 194 g/mol. The largest absolute Gasteiger partial charge is 0.493 e. The Kier molecular flexibility index (Phi) is 4.77. The molecule has 0 aliphatic carbocycles. The number of hydrogen-bond acceptors (Lipinski definition) is 4. The molecule has 0 aliphatic rings. The van der Waals surface area contributed by atoms with Gasteiger partial charge in [-0.15, -0.1) is 0 Å². The molecule has 1 aromatic heterocycles. The molecule has 0 bridgehead atoms. The van der Waals surface area contributed by atoms with Crippen molar-refractivity contribution in [3.8, 4) is 5.75 Å². The monoisotopic (exact) mass is 209 g/mol. The molecule has 0 unspecified atom stereocenters. The quantitative estimate of drug-likeness (QED) is 0.527. The molecule has 0 aliphatic heterocycles. The molecule has 0 spiro atoms. The molecule has 0 saturated carbocycles. The fourth-order valence-corrected chi connectivity index (χ4v) is 1.19. The number of hydrogen-bond donors (Lipinski definition) is 0. The lowest BCUT2D eigenvalue weighted by Crippen LogP contribution is -2.04. The Balaban J connectivity index is 2.57. The van der Waals surface area contributed by atoms with E-state index in [1.807, 2.05) is 6.92 Å². The molecule has 4 heteroatoms. The van der Waals surface area contributed by atoms with Crippen LogP contribution >= 0.6 is 0 Å². The molecule has 82 valence electrons. The second kappa shape index (κ2) is 6.14. The number of aromatic nitrogens is 1. The van der Waals surface area contributed by atoms with Gasteiger partial charge in [-0.25, -0.2) is 0 Å². The molecule has 0 radical (unpaired) electrons. The van der Waals surface area contributed by atoms with E-state index < -0.39 is 0 Å². The number of methoxy groups -OCH3 is 1. The van der Waals surface area contributed by atoms with Crippen LogP contribution in [0.15, 0.2) is 12.3 Å². The second-order valence-corrected chi connectivity index (χ2v) is 3.13. The average molecular weight is 209 g/mol. The van der Waals surface area contributed by atoms with E-state index in [2.05, 4.69) is 4.98 Å². The zero-order chi connectivity index (χ0) is 11.1. The highest BCUT2D eigenvalue weighted by molar-refractivity contribution is 5.75. The van der Waals surface area contributed by atoms with Crippen molar-refractivity contribution in [2.45, 2.75) is 13.3 Å². The summed E-state index contributed by atoms with van der Waals surface area (Å²) >= 11 is 0. The molecule has 0 fully saturated rings. The lowest BCUT2D eigenvalue weighted by atomic mass is 10.2. The van der Waals surface area contributed by atoms with Crippen LogP contribution in [0.4, 0.5) is 0 Å². The van der Waals surface area contributed by atoms with E-state index in [4.69, 9.17) is 9.47 Å². The zero-order valence-electron chi connectivity index (χ0n) is 9.03. The number of rotatable bonds is 6. The predicted octanol–water partition coefficient (Wildman–Crippen LogP) is 1.62. The number of pyridine rings is 1. The molecule has 4 nitrogen and oxygen atoms in total. The highest BCUT2D eigenvalue weighted by Gasteiger charge is 2.04. The van der Waals surface area contributed by atoms with E-state index in [9.17, 15) is 4.79 Å². The van der Waals surface area contributed by atoms with E-state index in [1.165, 1.54) is 0 Å². The van der Waals surface area contributed by atoms with Crippen LogP contribution in [0.5, 0.6) is 5.75 Å². The third-order valence-corrected chi connectivity index (χ3v) is 2.06. The van der Waals surface area contributed by atoms with Gasteiger partial charge in [-0.1, -0.05) is 0 Å². The summed E-state index contributed by atoms with van der Waals surface area (Å²) in [6, 6.07) is 1.76. The summed E-state index contributed by atoms with van der Waals surface area (Å²) in [7, 11) is 1.65. The van der Waals surface area contributed by atoms with Crippen LogP contribution in [-0.2, 0) is 4.74 Å². The Bertz CT molecular complexity index is 326. The first-order valence-electron chi connectivity index (χ1n) is 4.82. The summed E-state index contributed by atoms with van der Waals surface area (Å²) in [6.45, 7) is 3.07. The lowest BCUT2D eigenvalue weighted by molar-refractivity contribution is 0.111. The average Bonchev–Trinajstić information content (AvgIpc) is 2.26. The number of carbonyl (C=O) groups excluding carboxylic acids is 1. The van der Waals surface area contributed by atoms with Crippen molar-refractivity contribution in [3.05, 3.63) is 23.5 Å². The van der Waals surface area contributed by atoms with Crippen molar-refractivity contribution in [2.75, 3.05) is 20.3 Å². The van der Waals surface area contributed by atoms with E-state index in [-0.39, 0.29) is 0 Å². The smallest absolute Gasteiger partial charge is 0.168 e. The summed E-state index contributed by atoms with van der Waals surface area (Å²) in [5.74, 6) is 0.711. The summed E-state index contributed by atoms with van der Waals surface area (Å²) in [5, 5.41) is 0. The van der Waals surface area contributed by atoms with Crippen LogP contribution in [-0.4, -0.2) is 31.6 Å². The topological polar surface area (TPSA) is 48.4 Å². The molecular formula is C11H15NO3. The molecule has 15 heavy (non-hydrogen) atoms. The minimum atomic E-state index is 0.430. The van der Waals surface area contributed by atoms with Crippen molar-refractivity contribution in [1.29, 1.82) is 0 Å². The number of ether oxygens (including phenoxy) is 2. The van der Waals surface area contributed by atoms with Gasteiger partial charge < -0.3 is 9.47 Å². The standard InChI is InChI=1S/C11H15NO3/c1-9-10(8-13)12-5-4-11(9)15-7-3-6-14-2/h4-5,8H,3,6-7H2,1-2H3. The van der Waals surface area contributed by atoms with Gasteiger partial charge in [0.2, 0.25) is 0 Å². The van der Waals surface area contributed by atoms with Crippen LogP contribution in [0.25, 0.3) is 0 Å². The Morgan fingerprint density at radius 1 is 1.47 bits per heavy atom. The maximum Gasteiger partial charge on any atom is 0.168 e. The van der Waals surface area contributed by atoms with Gasteiger partial charge in [-0.2, -0.15) is 0 Å². The molecule has 1 rings (SSSR count). The number of nitrogens with zero attached hydrogens (tertiary/aromatic N) is 1. The maximum absolute atomic E-state index is 10.6. The van der Waals surface area contributed by atoms with Gasteiger partial charge in [0.1, 0.15) is 11.4 Å². The van der Waals surface area contributed by atoms with Gasteiger partial charge in [0, 0.05) is 31.9 Å². The van der Waals surface area contributed by atoms with Crippen LogP contribution in [0, 0.1) is 6.92 Å². The van der Waals surface area contributed by atoms with Crippen LogP contribution in [0.1, 0.15) is 22.5 Å². The summed E-state index contributed by atoms with van der Waals surface area (Å²) < 4.78 is 10.4. The van der Waals surface area contributed by atoms with Crippen molar-refractivity contribution < 1.29 is 14.3 Å². The third-order valence-electron chi connectivity index (χ3n) is 2.06. The SMILES string of the molecule is COCCCOc1ccnc(C=O)c1C. The van der Waals surface area contributed by atoms with E-state index in [0.717, 1.165) is 18.3 Å². The Labute approximate surface area is 89.2 Å². The van der Waals surface area contributed by atoms with E-state index in [1.54, 1.807) is 19.4 Å². The minimum absolute atomic E-state index is 0.430. The van der Waals surface area contributed by atoms with Crippen LogP contribution < -0.4 is 4.74 Å². The third kappa shape index (κ3) is 3.32. The first-order valence-corrected chi connectivity index (χ1v) is 4.82. The number of carbonyl (C=O) groups is 1. The van der Waals surface area contributed by atoms with E-state index in [0.29, 0.717) is 24.7 Å². The predicted molar refractivity (Wildman–Crippen MR) is 56.3 cm³/mol. The zero-order valence-corrected chi connectivity index (χ0v) is 9.03. The lowest BCUT2D eigenvalue weighted by Gasteiger charge is -2.09. The van der Waals surface area contributed by atoms with Gasteiger partial charge >= 0.3 is 0 Å². The van der Waals surface area contributed by atoms with Gasteiger partial charge in [-0.05, 0) is 13.0 Å². The van der Waals surface area contributed by atoms with Crippen LogP contribution in [0.3, 0.4) is 0 Å². The van der Waals surface area contributed by atoms with Crippen molar-refractivity contribution in [2.24, 2.45) is 0 Å². The molecule has 0 N–H and O–H groups in total. The Morgan fingerprint density at radius 3 is 2.93 bits per heavy atom. The molecule has 0 aromatic carbocycles. The molecule has 0 saturated heterocycles. The fraction of sp³-hybridized carbons (Fsp3) is 0.455. The van der Waals surface area contributed by atoms with Gasteiger partial charge in [0.25, 0.3) is 0 Å². The molecule has 0 atom stereocenters. The first kappa shape index (κ1) is 11.7. The second-order valence-electron chi connectivity index (χ2n) is 3.13. The molecule has 1 aromatic rings. The molecule has 0 amide bonds. The number of aldehydes is 1. The summed E-state index contributed by atoms with van der Waals surface area (Å²) in [4.78, 5) is 14.5. The maximum atomic E-state index is 10.6. The first-order chi connectivity index (χ1) is 7.29.